The normalized spacial score (nSPS) is 16.1. The van der Waals surface area contributed by atoms with Crippen LogP contribution in [0.25, 0.3) is 0 Å². The van der Waals surface area contributed by atoms with Gasteiger partial charge >= 0.3 is 6.61 Å². The number of morpholine rings is 1. The number of para-hydroxylation sites is 1. The highest BCUT2D eigenvalue weighted by atomic mass is 19.3. The molecule has 7 heteroatoms. The molecule has 1 aliphatic rings. The van der Waals surface area contributed by atoms with Crippen LogP contribution in [-0.2, 0) is 4.74 Å². The number of nitrogens with one attached hydrogen (secondary N) is 1. The van der Waals surface area contributed by atoms with E-state index in [9.17, 15) is 13.6 Å². The van der Waals surface area contributed by atoms with Crippen molar-refractivity contribution in [3.05, 3.63) is 65.7 Å². The largest absolute Gasteiger partial charge is 0.434 e. The number of amides is 1. The Labute approximate surface area is 156 Å². The number of hydrogen-bond acceptors (Lipinski definition) is 4. The minimum Gasteiger partial charge on any atom is -0.434 e. The second-order valence-electron chi connectivity index (χ2n) is 6.16. The van der Waals surface area contributed by atoms with Gasteiger partial charge in [0.1, 0.15) is 5.75 Å². The Hall–Kier alpha value is -2.51. The summed E-state index contributed by atoms with van der Waals surface area (Å²) in [5, 5.41) is 2.86. The summed E-state index contributed by atoms with van der Waals surface area (Å²) in [6, 6.07) is 15.8. The van der Waals surface area contributed by atoms with Gasteiger partial charge in [0, 0.05) is 19.6 Å². The van der Waals surface area contributed by atoms with E-state index in [-0.39, 0.29) is 17.4 Å². The van der Waals surface area contributed by atoms with Crippen molar-refractivity contribution < 1.29 is 23.0 Å². The van der Waals surface area contributed by atoms with Gasteiger partial charge in [0.25, 0.3) is 5.91 Å². The molecule has 0 aromatic heterocycles. The summed E-state index contributed by atoms with van der Waals surface area (Å²) in [6.07, 6.45) is 0. The van der Waals surface area contributed by atoms with E-state index in [0.717, 1.165) is 18.7 Å². The summed E-state index contributed by atoms with van der Waals surface area (Å²) in [6.45, 7) is 0.182. The van der Waals surface area contributed by atoms with E-state index in [4.69, 9.17) is 4.74 Å². The van der Waals surface area contributed by atoms with E-state index < -0.39 is 12.5 Å². The fourth-order valence-corrected chi connectivity index (χ4v) is 3.16. The van der Waals surface area contributed by atoms with Gasteiger partial charge in [0.2, 0.25) is 0 Å². The van der Waals surface area contributed by atoms with Gasteiger partial charge in [-0.2, -0.15) is 8.78 Å². The number of carbonyl (C=O) groups is 1. The summed E-state index contributed by atoms with van der Waals surface area (Å²) < 4.78 is 35.0. The van der Waals surface area contributed by atoms with Crippen LogP contribution >= 0.6 is 0 Å². The van der Waals surface area contributed by atoms with Crippen molar-refractivity contribution in [3.63, 3.8) is 0 Å². The SMILES string of the molecule is O=C(NC[C@@H](c1ccccc1)N1CCOCC1)c1ccccc1OC(F)F. The lowest BCUT2D eigenvalue weighted by Gasteiger charge is -2.35. The Morgan fingerprint density at radius 3 is 2.44 bits per heavy atom. The molecular weight excluding hydrogens is 354 g/mol. The molecule has 0 unspecified atom stereocenters. The molecule has 0 radical (unpaired) electrons. The number of carbonyl (C=O) groups excluding carboxylic acids is 1. The predicted molar refractivity (Wildman–Crippen MR) is 97.0 cm³/mol. The van der Waals surface area contributed by atoms with Crippen LogP contribution < -0.4 is 10.1 Å². The molecule has 2 aromatic carbocycles. The van der Waals surface area contributed by atoms with Crippen LogP contribution in [0.15, 0.2) is 54.6 Å². The monoisotopic (exact) mass is 376 g/mol. The number of ether oxygens (including phenoxy) is 2. The zero-order chi connectivity index (χ0) is 19.1. The number of rotatable bonds is 7. The first-order valence-electron chi connectivity index (χ1n) is 8.84. The van der Waals surface area contributed by atoms with Crippen LogP contribution in [0.3, 0.4) is 0 Å². The molecule has 27 heavy (non-hydrogen) atoms. The van der Waals surface area contributed by atoms with Crippen molar-refractivity contribution in [2.24, 2.45) is 0 Å². The Bertz CT molecular complexity index is 737. The fourth-order valence-electron chi connectivity index (χ4n) is 3.16. The third-order valence-electron chi connectivity index (χ3n) is 4.47. The highest BCUT2D eigenvalue weighted by Gasteiger charge is 2.24. The lowest BCUT2D eigenvalue weighted by atomic mass is 10.0. The molecule has 2 aromatic rings. The second-order valence-corrected chi connectivity index (χ2v) is 6.16. The molecule has 144 valence electrons. The van der Waals surface area contributed by atoms with Crippen LogP contribution in [0.2, 0.25) is 0 Å². The Balaban J connectivity index is 1.72. The van der Waals surface area contributed by atoms with Gasteiger partial charge < -0.3 is 14.8 Å². The number of alkyl halides is 2. The average Bonchev–Trinajstić information content (AvgIpc) is 2.69. The molecule has 3 rings (SSSR count). The van der Waals surface area contributed by atoms with Crippen molar-refractivity contribution in [1.29, 1.82) is 0 Å². The molecular formula is C20H22F2N2O3. The molecule has 1 N–H and O–H groups in total. The van der Waals surface area contributed by atoms with Gasteiger partial charge in [0.05, 0.1) is 24.8 Å². The number of hydrogen-bond donors (Lipinski definition) is 1. The third-order valence-corrected chi connectivity index (χ3v) is 4.47. The molecule has 0 bridgehead atoms. The lowest BCUT2D eigenvalue weighted by Crippen LogP contribution is -2.43. The number of benzene rings is 2. The Morgan fingerprint density at radius 2 is 1.74 bits per heavy atom. The standard InChI is InChI=1S/C20H22F2N2O3/c21-20(22)27-18-9-5-4-8-16(18)19(25)23-14-17(15-6-2-1-3-7-15)24-10-12-26-13-11-24/h1-9,17,20H,10-14H2,(H,23,25)/t17-/m0/s1. The van der Waals surface area contributed by atoms with E-state index in [1.54, 1.807) is 12.1 Å². The quantitative estimate of drug-likeness (QED) is 0.807. The fraction of sp³-hybridized carbons (Fsp3) is 0.350. The van der Waals surface area contributed by atoms with Gasteiger partial charge in [-0.15, -0.1) is 0 Å². The minimum atomic E-state index is -2.98. The summed E-state index contributed by atoms with van der Waals surface area (Å²) in [7, 11) is 0. The van der Waals surface area contributed by atoms with Gasteiger partial charge in [-0.3, -0.25) is 9.69 Å². The van der Waals surface area contributed by atoms with E-state index in [1.807, 2.05) is 30.3 Å². The highest BCUT2D eigenvalue weighted by Crippen LogP contribution is 2.23. The van der Waals surface area contributed by atoms with Gasteiger partial charge in [-0.05, 0) is 17.7 Å². The van der Waals surface area contributed by atoms with E-state index in [1.165, 1.54) is 12.1 Å². The van der Waals surface area contributed by atoms with Crippen LogP contribution in [0.5, 0.6) is 5.75 Å². The molecule has 0 saturated carbocycles. The second kappa shape index (κ2) is 9.43. The maximum atomic E-state index is 12.6. The Kier molecular flexibility index (Phi) is 6.73. The summed E-state index contributed by atoms with van der Waals surface area (Å²) in [5.74, 6) is -0.576. The van der Waals surface area contributed by atoms with E-state index in [0.29, 0.717) is 19.8 Å². The Morgan fingerprint density at radius 1 is 1.07 bits per heavy atom. The van der Waals surface area contributed by atoms with Crippen LogP contribution in [0.1, 0.15) is 22.0 Å². The van der Waals surface area contributed by atoms with Crippen molar-refractivity contribution in [2.75, 3.05) is 32.8 Å². The van der Waals surface area contributed by atoms with Crippen molar-refractivity contribution in [2.45, 2.75) is 12.7 Å². The molecule has 1 atom stereocenters. The highest BCUT2D eigenvalue weighted by molar-refractivity contribution is 5.96. The molecule has 0 spiro atoms. The van der Waals surface area contributed by atoms with Crippen LogP contribution in [-0.4, -0.2) is 50.3 Å². The van der Waals surface area contributed by atoms with E-state index in [2.05, 4.69) is 15.0 Å². The summed E-state index contributed by atoms with van der Waals surface area (Å²) in [4.78, 5) is 14.8. The smallest absolute Gasteiger partial charge is 0.387 e. The maximum absolute atomic E-state index is 12.6. The first-order valence-corrected chi connectivity index (χ1v) is 8.84. The molecule has 5 nitrogen and oxygen atoms in total. The molecule has 1 saturated heterocycles. The zero-order valence-electron chi connectivity index (χ0n) is 14.8. The molecule has 1 heterocycles. The van der Waals surface area contributed by atoms with Crippen molar-refractivity contribution in [3.8, 4) is 5.75 Å². The van der Waals surface area contributed by atoms with Crippen LogP contribution in [0.4, 0.5) is 8.78 Å². The molecule has 0 aliphatic carbocycles. The zero-order valence-corrected chi connectivity index (χ0v) is 14.8. The van der Waals surface area contributed by atoms with Crippen LogP contribution in [0, 0.1) is 0 Å². The maximum Gasteiger partial charge on any atom is 0.387 e. The average molecular weight is 376 g/mol. The lowest BCUT2D eigenvalue weighted by molar-refractivity contribution is -0.0501. The molecule has 1 aliphatic heterocycles. The topological polar surface area (TPSA) is 50.8 Å². The van der Waals surface area contributed by atoms with Crippen molar-refractivity contribution in [1.82, 2.24) is 10.2 Å². The first kappa shape index (κ1) is 19.3. The summed E-state index contributed by atoms with van der Waals surface area (Å²) >= 11 is 0. The number of halogens is 2. The molecule has 1 fully saturated rings. The van der Waals surface area contributed by atoms with E-state index >= 15 is 0 Å². The predicted octanol–water partition coefficient (Wildman–Crippen LogP) is 3.09. The first-order chi connectivity index (χ1) is 13.1. The minimum absolute atomic E-state index is 0.0257. The molecule has 1 amide bonds. The van der Waals surface area contributed by atoms with Gasteiger partial charge in [-0.25, -0.2) is 0 Å². The summed E-state index contributed by atoms with van der Waals surface area (Å²) in [5.41, 5.74) is 1.17. The van der Waals surface area contributed by atoms with Gasteiger partial charge in [0.15, 0.2) is 0 Å². The van der Waals surface area contributed by atoms with Gasteiger partial charge in [-0.1, -0.05) is 42.5 Å². The third kappa shape index (κ3) is 5.24. The van der Waals surface area contributed by atoms with Crippen molar-refractivity contribution >= 4 is 5.91 Å². The number of nitrogens with zero attached hydrogens (tertiary/aromatic N) is 1.